The van der Waals surface area contributed by atoms with Gasteiger partial charge in [-0.15, -0.1) is 0 Å². The molecule has 2 rings (SSSR count). The first-order valence-electron chi connectivity index (χ1n) is 6.23. The molecule has 0 spiro atoms. The summed E-state index contributed by atoms with van der Waals surface area (Å²) in [5, 5.41) is 9.52. The standard InChI is InChI=1S/C15H15BrO4S/c1-10(17)11-3-8-15(14(16)9-11)20-12-4-6-13(7-5-12)21(2,18)19/h3-10,17H,1-2H3/t10-/m1/s1. The van der Waals surface area contributed by atoms with Crippen LogP contribution < -0.4 is 4.74 Å². The number of aliphatic hydroxyl groups is 1. The van der Waals surface area contributed by atoms with Crippen LogP contribution in [-0.4, -0.2) is 19.8 Å². The van der Waals surface area contributed by atoms with E-state index in [1.165, 1.54) is 12.1 Å². The van der Waals surface area contributed by atoms with Crippen LogP contribution in [0.1, 0.15) is 18.6 Å². The SMILES string of the molecule is C[C@@H](O)c1ccc(Oc2ccc(S(C)(=O)=O)cc2)c(Br)c1. The van der Waals surface area contributed by atoms with E-state index in [-0.39, 0.29) is 4.90 Å². The van der Waals surface area contributed by atoms with Gasteiger partial charge in [0, 0.05) is 6.26 Å². The Morgan fingerprint density at radius 1 is 1.14 bits per heavy atom. The molecule has 0 unspecified atom stereocenters. The highest BCUT2D eigenvalue weighted by molar-refractivity contribution is 9.10. The Kier molecular flexibility index (Phi) is 4.70. The Morgan fingerprint density at radius 3 is 2.24 bits per heavy atom. The van der Waals surface area contributed by atoms with Crippen LogP contribution in [0.4, 0.5) is 0 Å². The van der Waals surface area contributed by atoms with Gasteiger partial charge in [0.15, 0.2) is 9.84 Å². The Balaban J connectivity index is 2.22. The summed E-state index contributed by atoms with van der Waals surface area (Å²) in [6.45, 7) is 1.69. The van der Waals surface area contributed by atoms with E-state index >= 15 is 0 Å². The second-order valence-electron chi connectivity index (χ2n) is 4.71. The summed E-state index contributed by atoms with van der Waals surface area (Å²) in [7, 11) is -3.21. The molecule has 0 aromatic heterocycles. The third kappa shape index (κ3) is 4.06. The van der Waals surface area contributed by atoms with E-state index in [9.17, 15) is 13.5 Å². The fraction of sp³-hybridized carbons (Fsp3) is 0.200. The van der Waals surface area contributed by atoms with E-state index in [0.717, 1.165) is 11.8 Å². The molecule has 0 aliphatic carbocycles. The molecule has 0 saturated carbocycles. The van der Waals surface area contributed by atoms with Crippen molar-refractivity contribution in [1.29, 1.82) is 0 Å². The fourth-order valence-electron chi connectivity index (χ4n) is 1.74. The van der Waals surface area contributed by atoms with E-state index in [1.54, 1.807) is 37.3 Å². The van der Waals surface area contributed by atoms with Crippen molar-refractivity contribution >= 4 is 25.8 Å². The van der Waals surface area contributed by atoms with E-state index in [2.05, 4.69) is 15.9 Å². The van der Waals surface area contributed by atoms with Crippen molar-refractivity contribution in [3.63, 3.8) is 0 Å². The van der Waals surface area contributed by atoms with Crippen molar-refractivity contribution in [3.05, 3.63) is 52.5 Å². The van der Waals surface area contributed by atoms with Gasteiger partial charge in [-0.25, -0.2) is 8.42 Å². The van der Waals surface area contributed by atoms with Crippen molar-refractivity contribution in [2.24, 2.45) is 0 Å². The summed E-state index contributed by atoms with van der Waals surface area (Å²) in [4.78, 5) is 0.248. The van der Waals surface area contributed by atoms with Crippen molar-refractivity contribution in [2.75, 3.05) is 6.26 Å². The predicted molar refractivity (Wildman–Crippen MR) is 84.4 cm³/mol. The normalized spacial score (nSPS) is 13.0. The summed E-state index contributed by atoms with van der Waals surface area (Å²) in [6.07, 6.45) is 0.609. The second-order valence-corrected chi connectivity index (χ2v) is 7.58. The zero-order valence-corrected chi connectivity index (χ0v) is 14.0. The van der Waals surface area contributed by atoms with Gasteiger partial charge in [0.2, 0.25) is 0 Å². The molecule has 6 heteroatoms. The van der Waals surface area contributed by atoms with E-state index < -0.39 is 15.9 Å². The first-order valence-corrected chi connectivity index (χ1v) is 8.91. The van der Waals surface area contributed by atoms with Gasteiger partial charge in [-0.1, -0.05) is 6.07 Å². The maximum absolute atomic E-state index is 11.4. The number of ether oxygens (including phenoxy) is 1. The van der Waals surface area contributed by atoms with Gasteiger partial charge in [0.05, 0.1) is 15.5 Å². The molecule has 0 amide bonds. The van der Waals surface area contributed by atoms with Crippen molar-refractivity contribution in [2.45, 2.75) is 17.9 Å². The molecule has 21 heavy (non-hydrogen) atoms. The average molecular weight is 371 g/mol. The molecule has 0 fully saturated rings. The van der Waals surface area contributed by atoms with E-state index in [0.29, 0.717) is 16.0 Å². The lowest BCUT2D eigenvalue weighted by Crippen LogP contribution is -1.96. The molecule has 0 heterocycles. The molecule has 0 saturated heterocycles. The van der Waals surface area contributed by atoms with Gasteiger partial charge in [-0.2, -0.15) is 0 Å². The number of hydrogen-bond acceptors (Lipinski definition) is 4. The minimum absolute atomic E-state index is 0.248. The summed E-state index contributed by atoms with van der Waals surface area (Å²) in [6, 6.07) is 11.5. The quantitative estimate of drug-likeness (QED) is 0.890. The lowest BCUT2D eigenvalue weighted by Gasteiger charge is -2.11. The summed E-state index contributed by atoms with van der Waals surface area (Å²) >= 11 is 3.39. The Labute approximate surface area is 132 Å². The molecule has 0 aliphatic rings. The second kappa shape index (κ2) is 6.17. The van der Waals surface area contributed by atoms with Gasteiger partial charge < -0.3 is 9.84 Å². The van der Waals surface area contributed by atoms with E-state index in [4.69, 9.17) is 4.74 Å². The third-order valence-electron chi connectivity index (χ3n) is 2.92. The molecule has 1 atom stereocenters. The van der Waals surface area contributed by atoms with Crippen LogP contribution in [0, 0.1) is 0 Å². The topological polar surface area (TPSA) is 63.6 Å². The number of aliphatic hydroxyl groups excluding tert-OH is 1. The molecular weight excluding hydrogens is 356 g/mol. The number of halogens is 1. The highest BCUT2D eigenvalue weighted by Gasteiger charge is 2.09. The van der Waals surface area contributed by atoms with Gasteiger partial charge in [0.25, 0.3) is 0 Å². The lowest BCUT2D eigenvalue weighted by atomic mass is 10.1. The van der Waals surface area contributed by atoms with Crippen molar-refractivity contribution in [3.8, 4) is 11.5 Å². The Bertz CT molecular complexity index is 737. The zero-order valence-electron chi connectivity index (χ0n) is 11.6. The summed E-state index contributed by atoms with van der Waals surface area (Å²) < 4.78 is 29.2. The molecule has 0 radical (unpaired) electrons. The molecule has 0 bridgehead atoms. The van der Waals surface area contributed by atoms with Crippen molar-refractivity contribution in [1.82, 2.24) is 0 Å². The number of benzene rings is 2. The number of rotatable bonds is 4. The Hall–Kier alpha value is -1.37. The molecule has 1 N–H and O–H groups in total. The first kappa shape index (κ1) is 16.0. The molecule has 2 aromatic carbocycles. The van der Waals surface area contributed by atoms with Crippen LogP contribution in [0.2, 0.25) is 0 Å². The fourth-order valence-corrected chi connectivity index (χ4v) is 2.85. The largest absolute Gasteiger partial charge is 0.456 e. The van der Waals surface area contributed by atoms with Crippen LogP contribution in [0.5, 0.6) is 11.5 Å². The van der Waals surface area contributed by atoms with Crippen LogP contribution in [-0.2, 0) is 9.84 Å². The summed E-state index contributed by atoms with van der Waals surface area (Å²) in [5.74, 6) is 1.12. The average Bonchev–Trinajstić information content (AvgIpc) is 2.40. The van der Waals surface area contributed by atoms with Crippen molar-refractivity contribution < 1.29 is 18.3 Å². The van der Waals surface area contributed by atoms with Gasteiger partial charge in [-0.3, -0.25) is 0 Å². The van der Waals surface area contributed by atoms with E-state index in [1.807, 2.05) is 0 Å². The van der Waals surface area contributed by atoms with Gasteiger partial charge in [0.1, 0.15) is 11.5 Å². The smallest absolute Gasteiger partial charge is 0.175 e. The van der Waals surface area contributed by atoms with Crippen LogP contribution in [0.15, 0.2) is 51.8 Å². The Morgan fingerprint density at radius 2 is 1.76 bits per heavy atom. The van der Waals surface area contributed by atoms with Crippen LogP contribution >= 0.6 is 15.9 Å². The zero-order chi connectivity index (χ0) is 15.6. The van der Waals surface area contributed by atoms with Gasteiger partial charge >= 0.3 is 0 Å². The van der Waals surface area contributed by atoms with Crippen LogP contribution in [0.25, 0.3) is 0 Å². The molecule has 112 valence electrons. The first-order chi connectivity index (χ1) is 9.77. The minimum atomic E-state index is -3.21. The maximum Gasteiger partial charge on any atom is 0.175 e. The maximum atomic E-state index is 11.4. The number of hydrogen-bond donors (Lipinski definition) is 1. The molecule has 0 aliphatic heterocycles. The predicted octanol–water partition coefficient (Wildman–Crippen LogP) is 3.70. The van der Waals surface area contributed by atoms with Crippen LogP contribution in [0.3, 0.4) is 0 Å². The summed E-state index contributed by atoms with van der Waals surface area (Å²) in [5.41, 5.74) is 0.779. The molecule has 2 aromatic rings. The highest BCUT2D eigenvalue weighted by Crippen LogP contribution is 2.32. The molecular formula is C15H15BrO4S. The molecule has 4 nitrogen and oxygen atoms in total. The lowest BCUT2D eigenvalue weighted by molar-refractivity contribution is 0.199. The van der Waals surface area contributed by atoms with Gasteiger partial charge in [-0.05, 0) is 64.8 Å². The highest BCUT2D eigenvalue weighted by atomic mass is 79.9. The minimum Gasteiger partial charge on any atom is -0.456 e. The number of sulfone groups is 1. The third-order valence-corrected chi connectivity index (χ3v) is 4.67. The monoisotopic (exact) mass is 370 g/mol.